The van der Waals surface area contributed by atoms with Gasteiger partial charge in [-0.1, -0.05) is 165 Å². The molecule has 0 rings (SSSR count). The van der Waals surface area contributed by atoms with Crippen LogP contribution in [0.5, 0.6) is 0 Å². The minimum atomic E-state index is -4.38. The summed E-state index contributed by atoms with van der Waals surface area (Å²) in [5.74, 6) is -0.832. The molecule has 57 heavy (non-hydrogen) atoms. The van der Waals surface area contributed by atoms with E-state index in [-0.39, 0.29) is 32.0 Å². The molecule has 0 aliphatic heterocycles. The highest BCUT2D eigenvalue weighted by atomic mass is 31.2. The zero-order chi connectivity index (χ0) is 42.1. The van der Waals surface area contributed by atoms with Gasteiger partial charge in [-0.15, -0.1) is 0 Å². The van der Waals surface area contributed by atoms with Gasteiger partial charge in [0, 0.05) is 12.8 Å². The number of phosphoric acid groups is 1. The Balaban J connectivity index is 4.41. The Morgan fingerprint density at radius 1 is 0.544 bits per heavy atom. The lowest BCUT2D eigenvalue weighted by Gasteiger charge is -2.24. The second-order valence-electron chi connectivity index (χ2n) is 16.4. The van der Waals surface area contributed by atoms with Crippen molar-refractivity contribution in [3.8, 4) is 0 Å². The fourth-order valence-corrected chi connectivity index (χ4v) is 6.74. The molecule has 0 bridgehead atoms. The van der Waals surface area contributed by atoms with Crippen molar-refractivity contribution in [3.63, 3.8) is 0 Å². The van der Waals surface area contributed by atoms with Gasteiger partial charge >= 0.3 is 19.8 Å². The van der Waals surface area contributed by atoms with Crippen molar-refractivity contribution in [1.82, 2.24) is 0 Å². The van der Waals surface area contributed by atoms with Crippen molar-refractivity contribution in [2.45, 2.75) is 193 Å². The number of nitrogens with zero attached hydrogens (tertiary/aromatic N) is 1. The third-order valence-electron chi connectivity index (χ3n) is 9.61. The number of likely N-dealkylation sites (N-methyl/N-ethyl adjacent to an activating group) is 1. The van der Waals surface area contributed by atoms with Crippen LogP contribution in [0, 0.1) is 0 Å². The van der Waals surface area contributed by atoms with E-state index in [2.05, 4.69) is 62.5 Å². The van der Waals surface area contributed by atoms with Gasteiger partial charge in [-0.2, -0.15) is 0 Å². The van der Waals surface area contributed by atoms with Crippen molar-refractivity contribution in [1.29, 1.82) is 0 Å². The summed E-state index contributed by atoms with van der Waals surface area (Å²) in [6, 6.07) is 0. The van der Waals surface area contributed by atoms with E-state index in [0.717, 1.165) is 57.8 Å². The molecule has 0 saturated carbocycles. The molecule has 0 aliphatic carbocycles. The maximum atomic E-state index is 12.7. The second kappa shape index (κ2) is 39.4. The maximum Gasteiger partial charge on any atom is 0.472 e. The quantitative estimate of drug-likeness (QED) is 0.0213. The normalized spacial score (nSPS) is 14.0. The minimum absolute atomic E-state index is 0.0248. The van der Waals surface area contributed by atoms with Crippen molar-refractivity contribution >= 4 is 19.8 Å². The number of quaternary nitrogens is 1. The van der Waals surface area contributed by atoms with Gasteiger partial charge in [0.2, 0.25) is 0 Å². The average Bonchev–Trinajstić information content (AvgIpc) is 3.16. The smallest absolute Gasteiger partial charge is 0.462 e. The Labute approximate surface area is 350 Å². The molecule has 0 aromatic heterocycles. The first-order valence-corrected chi connectivity index (χ1v) is 24.4. The number of allylic oxidation sites excluding steroid dienone is 8. The van der Waals surface area contributed by atoms with E-state index in [9.17, 15) is 19.0 Å². The highest BCUT2D eigenvalue weighted by Crippen LogP contribution is 2.43. The summed E-state index contributed by atoms with van der Waals surface area (Å²) < 4.78 is 34.3. The molecule has 9 nitrogen and oxygen atoms in total. The van der Waals surface area contributed by atoms with Crippen LogP contribution in [0.1, 0.15) is 187 Å². The zero-order valence-electron chi connectivity index (χ0n) is 37.3. The number of carbonyl (C=O) groups excluding carboxylic acids is 2. The van der Waals surface area contributed by atoms with Gasteiger partial charge in [0.1, 0.15) is 19.8 Å². The van der Waals surface area contributed by atoms with Crippen LogP contribution in [0.15, 0.2) is 48.6 Å². The number of hydrogen-bond donors (Lipinski definition) is 1. The van der Waals surface area contributed by atoms with Gasteiger partial charge in [0.25, 0.3) is 0 Å². The molecule has 0 aliphatic rings. The predicted molar refractivity (Wildman–Crippen MR) is 238 cm³/mol. The van der Waals surface area contributed by atoms with Crippen LogP contribution in [-0.4, -0.2) is 74.9 Å². The standard InChI is InChI=1S/C47H86NO8P/c1-6-8-10-12-14-16-18-20-22-23-24-25-26-28-30-32-34-36-38-40-47(50)56-45(44-55-57(51,52)54-42-41-48(3,4)5)43-53-46(49)39-37-35-33-31-29-27-21-19-17-15-13-11-9-7-2/h14,16,20,22,24-25,28,30,45H,6-13,15,17-19,21,23,26-27,29,31-44H2,1-5H3/p+1/b16-14-,22-20-,25-24-,30-28-/t45-/m1/s1. The van der Waals surface area contributed by atoms with Gasteiger partial charge in [0.05, 0.1) is 27.7 Å². The lowest BCUT2D eigenvalue weighted by Crippen LogP contribution is -2.37. The molecule has 0 fully saturated rings. The van der Waals surface area contributed by atoms with E-state index in [4.69, 9.17) is 18.5 Å². The highest BCUT2D eigenvalue weighted by molar-refractivity contribution is 7.47. The van der Waals surface area contributed by atoms with Crippen LogP contribution in [0.4, 0.5) is 0 Å². The van der Waals surface area contributed by atoms with Gasteiger partial charge in [-0.3, -0.25) is 18.6 Å². The summed E-state index contributed by atoms with van der Waals surface area (Å²) in [4.78, 5) is 35.4. The first-order valence-electron chi connectivity index (χ1n) is 22.9. The molecule has 2 atom stereocenters. The molecule has 0 heterocycles. The molecule has 0 amide bonds. The Bertz CT molecular complexity index is 1110. The number of rotatable bonds is 41. The molecular formula is C47H87NO8P+. The van der Waals surface area contributed by atoms with Gasteiger partial charge in [0.15, 0.2) is 6.10 Å². The van der Waals surface area contributed by atoms with Crippen molar-refractivity contribution < 1.29 is 42.1 Å². The molecule has 0 radical (unpaired) electrons. The summed E-state index contributed by atoms with van der Waals surface area (Å²) in [5.41, 5.74) is 0. The Morgan fingerprint density at radius 2 is 0.947 bits per heavy atom. The third-order valence-corrected chi connectivity index (χ3v) is 10.6. The molecule has 1 unspecified atom stereocenters. The fraction of sp³-hybridized carbons (Fsp3) is 0.787. The van der Waals surface area contributed by atoms with E-state index < -0.39 is 26.5 Å². The van der Waals surface area contributed by atoms with Crippen LogP contribution in [0.3, 0.4) is 0 Å². The summed E-state index contributed by atoms with van der Waals surface area (Å²) in [6.45, 7) is 4.36. The van der Waals surface area contributed by atoms with E-state index in [0.29, 0.717) is 17.4 Å². The van der Waals surface area contributed by atoms with E-state index >= 15 is 0 Å². The Hall–Kier alpha value is -2.03. The molecule has 10 heteroatoms. The molecule has 0 spiro atoms. The first-order chi connectivity index (χ1) is 27.5. The van der Waals surface area contributed by atoms with Crippen molar-refractivity contribution in [2.24, 2.45) is 0 Å². The van der Waals surface area contributed by atoms with Gasteiger partial charge in [-0.25, -0.2) is 4.57 Å². The fourth-order valence-electron chi connectivity index (χ4n) is 6.00. The number of phosphoric ester groups is 1. The molecule has 1 N–H and O–H groups in total. The monoisotopic (exact) mass is 825 g/mol. The number of carbonyl (C=O) groups is 2. The lowest BCUT2D eigenvalue weighted by atomic mass is 10.0. The van der Waals surface area contributed by atoms with Crippen molar-refractivity contribution in [3.05, 3.63) is 48.6 Å². The van der Waals surface area contributed by atoms with Crippen molar-refractivity contribution in [2.75, 3.05) is 47.5 Å². The van der Waals surface area contributed by atoms with Crippen LogP contribution in [-0.2, 0) is 32.7 Å². The highest BCUT2D eigenvalue weighted by Gasteiger charge is 2.27. The van der Waals surface area contributed by atoms with Crippen LogP contribution in [0.2, 0.25) is 0 Å². The lowest BCUT2D eigenvalue weighted by molar-refractivity contribution is -0.870. The number of esters is 2. The summed E-state index contributed by atoms with van der Waals surface area (Å²) >= 11 is 0. The first kappa shape index (κ1) is 55.0. The summed E-state index contributed by atoms with van der Waals surface area (Å²) in [5, 5.41) is 0. The third kappa shape index (κ3) is 43.4. The number of hydrogen-bond acceptors (Lipinski definition) is 7. The van der Waals surface area contributed by atoms with E-state index in [1.807, 2.05) is 21.1 Å². The largest absolute Gasteiger partial charge is 0.472 e. The van der Waals surface area contributed by atoms with E-state index in [1.165, 1.54) is 96.3 Å². The number of ether oxygens (including phenoxy) is 2. The Kier molecular flexibility index (Phi) is 38.0. The summed E-state index contributed by atoms with van der Waals surface area (Å²) in [7, 11) is 1.45. The molecule has 332 valence electrons. The molecule has 0 aromatic carbocycles. The molecule has 0 aromatic rings. The maximum absolute atomic E-state index is 12.7. The van der Waals surface area contributed by atoms with Crippen LogP contribution in [0.25, 0.3) is 0 Å². The zero-order valence-corrected chi connectivity index (χ0v) is 38.2. The van der Waals surface area contributed by atoms with Crippen LogP contribution < -0.4 is 0 Å². The second-order valence-corrected chi connectivity index (χ2v) is 17.9. The predicted octanol–water partition coefficient (Wildman–Crippen LogP) is 13.1. The topological polar surface area (TPSA) is 108 Å². The number of unbranched alkanes of at least 4 members (excludes halogenated alkanes) is 19. The molecular weight excluding hydrogens is 737 g/mol. The van der Waals surface area contributed by atoms with Gasteiger partial charge < -0.3 is 18.9 Å². The SMILES string of the molecule is CCCCC/C=C\C/C=C\C/C=C\C/C=C\CCCCCC(=O)O[C@H](COC(=O)CCCCCCCCCCCCCCCC)COP(=O)(O)OCC[N+](C)(C)C. The minimum Gasteiger partial charge on any atom is -0.462 e. The molecule has 0 saturated heterocycles. The van der Waals surface area contributed by atoms with Gasteiger partial charge in [-0.05, 0) is 57.8 Å². The average molecular weight is 825 g/mol. The van der Waals surface area contributed by atoms with Crippen LogP contribution >= 0.6 is 7.82 Å². The Morgan fingerprint density at radius 3 is 1.44 bits per heavy atom. The van der Waals surface area contributed by atoms with E-state index in [1.54, 1.807) is 0 Å². The summed E-state index contributed by atoms with van der Waals surface area (Å²) in [6.07, 6.45) is 45.8.